The van der Waals surface area contributed by atoms with Crippen molar-refractivity contribution in [1.82, 2.24) is 9.80 Å². The lowest BCUT2D eigenvalue weighted by Gasteiger charge is -2.46. The smallest absolute Gasteiger partial charge is 0.253 e. The molecule has 0 aromatic heterocycles. The summed E-state index contributed by atoms with van der Waals surface area (Å²) in [6.45, 7) is 2.27. The quantitative estimate of drug-likeness (QED) is 0.754. The van der Waals surface area contributed by atoms with Gasteiger partial charge in [0.05, 0.1) is 0 Å². The summed E-state index contributed by atoms with van der Waals surface area (Å²) in [6, 6.07) is 7.54. The summed E-state index contributed by atoms with van der Waals surface area (Å²) in [4.78, 5) is 30.0. The average Bonchev–Trinajstić information content (AvgIpc) is 2.73. The van der Waals surface area contributed by atoms with Crippen LogP contribution in [-0.4, -0.2) is 47.3 Å². The van der Waals surface area contributed by atoms with E-state index in [2.05, 4.69) is 4.90 Å². The lowest BCUT2D eigenvalue weighted by molar-refractivity contribution is -0.143. The van der Waals surface area contributed by atoms with E-state index in [9.17, 15) is 9.59 Å². The highest BCUT2D eigenvalue weighted by atomic mass is 35.5. The Morgan fingerprint density at radius 1 is 0.852 bits per heavy atom. The van der Waals surface area contributed by atoms with E-state index in [0.29, 0.717) is 35.6 Å². The highest BCUT2D eigenvalue weighted by Gasteiger charge is 2.39. The normalized spacial score (nSPS) is 26.6. The molecule has 146 valence electrons. The number of rotatable bonds is 2. The molecule has 2 saturated heterocycles. The number of halogens is 1. The predicted octanol–water partition coefficient (Wildman–Crippen LogP) is 4.37. The summed E-state index contributed by atoms with van der Waals surface area (Å²) in [5, 5.41) is 0.637. The Balaban J connectivity index is 1.35. The lowest BCUT2D eigenvalue weighted by Crippen LogP contribution is -2.53. The highest BCUT2D eigenvalue weighted by molar-refractivity contribution is 6.30. The maximum Gasteiger partial charge on any atom is 0.253 e. The van der Waals surface area contributed by atoms with Crippen LogP contribution in [0.1, 0.15) is 61.7 Å². The van der Waals surface area contributed by atoms with Crippen molar-refractivity contribution < 1.29 is 9.59 Å². The zero-order chi connectivity index (χ0) is 18.8. The highest BCUT2D eigenvalue weighted by Crippen LogP contribution is 2.36. The molecule has 0 radical (unpaired) electrons. The first kappa shape index (κ1) is 18.8. The topological polar surface area (TPSA) is 40.6 Å². The van der Waals surface area contributed by atoms with Gasteiger partial charge in [-0.15, -0.1) is 0 Å². The summed E-state index contributed by atoms with van der Waals surface area (Å²) in [5.74, 6) is 1.20. The van der Waals surface area contributed by atoms with Gasteiger partial charge in [0.15, 0.2) is 0 Å². The van der Waals surface area contributed by atoms with Crippen LogP contribution in [0.3, 0.4) is 0 Å². The lowest BCUT2D eigenvalue weighted by atomic mass is 9.77. The Kier molecular flexibility index (Phi) is 5.72. The maximum absolute atomic E-state index is 13.2. The minimum atomic E-state index is 0.0443. The second-order valence-corrected chi connectivity index (χ2v) is 8.80. The number of hydrogen-bond acceptors (Lipinski definition) is 2. The van der Waals surface area contributed by atoms with Crippen molar-refractivity contribution in [3.05, 3.63) is 34.9 Å². The van der Waals surface area contributed by atoms with E-state index >= 15 is 0 Å². The largest absolute Gasteiger partial charge is 0.339 e. The van der Waals surface area contributed by atoms with Gasteiger partial charge in [-0.2, -0.15) is 0 Å². The van der Waals surface area contributed by atoms with Crippen molar-refractivity contribution >= 4 is 23.4 Å². The standard InChI is InChI=1S/C22H29ClN2O2/c23-19-9-7-17(8-10-19)21(26)24-14-11-18(12-15-24)22(27)25-13-3-5-16-4-1-2-6-20(16)25/h7-10,16,18,20H,1-6,11-15H2. The molecule has 4 nitrogen and oxygen atoms in total. The van der Waals surface area contributed by atoms with Gasteiger partial charge in [0, 0.05) is 42.2 Å². The van der Waals surface area contributed by atoms with Crippen LogP contribution in [0.25, 0.3) is 0 Å². The zero-order valence-electron chi connectivity index (χ0n) is 15.9. The van der Waals surface area contributed by atoms with Gasteiger partial charge in [-0.3, -0.25) is 9.59 Å². The third kappa shape index (κ3) is 4.01. The van der Waals surface area contributed by atoms with Crippen LogP contribution in [0.4, 0.5) is 0 Å². The van der Waals surface area contributed by atoms with Gasteiger partial charge in [-0.05, 0) is 68.7 Å². The molecular formula is C22H29ClN2O2. The van der Waals surface area contributed by atoms with Crippen LogP contribution in [0.2, 0.25) is 5.02 Å². The molecule has 0 bridgehead atoms. The molecule has 0 spiro atoms. The SMILES string of the molecule is O=C(c1ccc(Cl)cc1)N1CCC(C(=O)N2CCCC3CCCCC32)CC1. The van der Waals surface area contributed by atoms with Gasteiger partial charge in [-0.25, -0.2) is 0 Å². The van der Waals surface area contributed by atoms with E-state index in [1.54, 1.807) is 24.3 Å². The number of fused-ring (bicyclic) bond motifs is 1. The number of carbonyl (C=O) groups excluding carboxylic acids is 2. The van der Waals surface area contributed by atoms with Crippen molar-refractivity contribution in [2.75, 3.05) is 19.6 Å². The van der Waals surface area contributed by atoms with E-state index in [4.69, 9.17) is 11.6 Å². The number of likely N-dealkylation sites (tertiary alicyclic amines) is 2. The van der Waals surface area contributed by atoms with Crippen LogP contribution in [0, 0.1) is 11.8 Å². The Hall–Kier alpha value is -1.55. The van der Waals surface area contributed by atoms with E-state index in [0.717, 1.165) is 31.7 Å². The van der Waals surface area contributed by atoms with Gasteiger partial charge in [0.2, 0.25) is 5.91 Å². The Bertz CT molecular complexity index is 680. The van der Waals surface area contributed by atoms with Gasteiger partial charge >= 0.3 is 0 Å². The molecule has 1 aromatic carbocycles. The predicted molar refractivity (Wildman–Crippen MR) is 107 cm³/mol. The molecule has 2 heterocycles. The third-order valence-corrected chi connectivity index (χ3v) is 7.00. The maximum atomic E-state index is 13.2. The molecule has 2 amide bonds. The molecule has 3 fully saturated rings. The minimum Gasteiger partial charge on any atom is -0.339 e. The van der Waals surface area contributed by atoms with Gasteiger partial charge < -0.3 is 9.80 Å². The van der Waals surface area contributed by atoms with Gasteiger partial charge in [0.25, 0.3) is 5.91 Å². The van der Waals surface area contributed by atoms with Gasteiger partial charge in [-0.1, -0.05) is 24.4 Å². The number of nitrogens with zero attached hydrogens (tertiary/aromatic N) is 2. The molecule has 2 unspecified atom stereocenters. The average molecular weight is 389 g/mol. The van der Waals surface area contributed by atoms with Crippen molar-refractivity contribution in [3.8, 4) is 0 Å². The number of piperidine rings is 2. The molecule has 0 N–H and O–H groups in total. The molecular weight excluding hydrogens is 360 g/mol. The number of amides is 2. The van der Waals surface area contributed by atoms with Crippen LogP contribution in [0.5, 0.6) is 0 Å². The van der Waals surface area contributed by atoms with Crippen molar-refractivity contribution in [3.63, 3.8) is 0 Å². The van der Waals surface area contributed by atoms with Crippen LogP contribution in [-0.2, 0) is 4.79 Å². The number of hydrogen-bond donors (Lipinski definition) is 0. The molecule has 27 heavy (non-hydrogen) atoms. The fourth-order valence-electron chi connectivity index (χ4n) is 5.24. The third-order valence-electron chi connectivity index (χ3n) is 6.75. The van der Waals surface area contributed by atoms with Crippen LogP contribution >= 0.6 is 11.6 Å². The Morgan fingerprint density at radius 3 is 2.26 bits per heavy atom. The molecule has 1 saturated carbocycles. The number of carbonyl (C=O) groups is 2. The van der Waals surface area contributed by atoms with Gasteiger partial charge in [0.1, 0.15) is 0 Å². The summed E-state index contributed by atoms with van der Waals surface area (Å²) < 4.78 is 0. The first-order chi connectivity index (χ1) is 13.1. The summed E-state index contributed by atoms with van der Waals surface area (Å²) in [6.07, 6.45) is 9.08. The first-order valence-electron chi connectivity index (χ1n) is 10.5. The Labute approximate surface area is 166 Å². The summed E-state index contributed by atoms with van der Waals surface area (Å²) in [5.41, 5.74) is 0.672. The summed E-state index contributed by atoms with van der Waals surface area (Å²) in [7, 11) is 0. The Morgan fingerprint density at radius 2 is 1.52 bits per heavy atom. The van der Waals surface area contributed by atoms with Crippen molar-refractivity contribution in [1.29, 1.82) is 0 Å². The molecule has 2 atom stereocenters. The van der Waals surface area contributed by atoms with Crippen molar-refractivity contribution in [2.24, 2.45) is 11.8 Å². The van der Waals surface area contributed by atoms with Crippen molar-refractivity contribution in [2.45, 2.75) is 57.4 Å². The molecule has 1 aliphatic carbocycles. The molecule has 2 aliphatic heterocycles. The molecule has 5 heteroatoms. The second-order valence-electron chi connectivity index (χ2n) is 8.36. The molecule has 1 aromatic rings. The first-order valence-corrected chi connectivity index (χ1v) is 10.9. The second kappa shape index (κ2) is 8.22. The summed E-state index contributed by atoms with van der Waals surface area (Å²) >= 11 is 5.91. The van der Waals surface area contributed by atoms with Crippen LogP contribution in [0.15, 0.2) is 24.3 Å². The van der Waals surface area contributed by atoms with E-state index in [1.807, 2.05) is 4.90 Å². The molecule has 4 rings (SSSR count). The van der Waals surface area contributed by atoms with Crippen LogP contribution < -0.4 is 0 Å². The monoisotopic (exact) mass is 388 g/mol. The van der Waals surface area contributed by atoms with E-state index < -0.39 is 0 Å². The molecule has 3 aliphatic rings. The fraction of sp³-hybridized carbons (Fsp3) is 0.636. The zero-order valence-corrected chi connectivity index (χ0v) is 16.7. The van der Waals surface area contributed by atoms with E-state index in [1.165, 1.54) is 32.1 Å². The minimum absolute atomic E-state index is 0.0443. The fourth-order valence-corrected chi connectivity index (χ4v) is 5.36. The van der Waals surface area contributed by atoms with E-state index in [-0.39, 0.29) is 11.8 Å². The number of benzene rings is 1.